The van der Waals surface area contributed by atoms with E-state index < -0.39 is 18.5 Å². The molecule has 7 heteroatoms. The van der Waals surface area contributed by atoms with Gasteiger partial charge in [0.05, 0.1) is 0 Å². The Kier molecular flexibility index (Phi) is 5.28. The SMILES string of the molecule is C=C1c2ccccc2C(=O)N1CC(=O)OCC(=O)Nc1cccc(Cl)c1C. The number of carbonyl (C=O) groups is 3. The van der Waals surface area contributed by atoms with Crippen LogP contribution in [0.2, 0.25) is 5.02 Å². The molecule has 1 aliphatic heterocycles. The summed E-state index contributed by atoms with van der Waals surface area (Å²) in [6, 6.07) is 12.1. The Bertz CT molecular complexity index is 920. The van der Waals surface area contributed by atoms with Crippen LogP contribution in [0.4, 0.5) is 5.69 Å². The number of hydrogen-bond acceptors (Lipinski definition) is 4. The number of fused-ring (bicyclic) bond motifs is 1. The molecule has 6 nitrogen and oxygen atoms in total. The second-order valence-electron chi connectivity index (χ2n) is 6.00. The lowest BCUT2D eigenvalue weighted by Gasteiger charge is -2.16. The monoisotopic (exact) mass is 384 g/mol. The molecule has 27 heavy (non-hydrogen) atoms. The van der Waals surface area contributed by atoms with Crippen molar-refractivity contribution in [1.29, 1.82) is 0 Å². The number of halogens is 1. The van der Waals surface area contributed by atoms with E-state index in [0.29, 0.717) is 27.5 Å². The van der Waals surface area contributed by atoms with Crippen LogP contribution >= 0.6 is 11.6 Å². The molecule has 0 unspecified atom stereocenters. The minimum absolute atomic E-state index is 0.310. The highest BCUT2D eigenvalue weighted by atomic mass is 35.5. The highest BCUT2D eigenvalue weighted by molar-refractivity contribution is 6.31. The van der Waals surface area contributed by atoms with Crippen molar-refractivity contribution >= 4 is 40.8 Å². The number of ether oxygens (including phenoxy) is 1. The number of benzene rings is 2. The maximum absolute atomic E-state index is 12.4. The maximum Gasteiger partial charge on any atom is 0.326 e. The number of rotatable bonds is 5. The Balaban J connectivity index is 1.55. The fourth-order valence-electron chi connectivity index (χ4n) is 2.75. The van der Waals surface area contributed by atoms with Gasteiger partial charge in [-0.1, -0.05) is 42.4 Å². The summed E-state index contributed by atoms with van der Waals surface area (Å²) in [6.07, 6.45) is 0. The molecule has 0 saturated carbocycles. The number of hydrogen-bond donors (Lipinski definition) is 1. The molecule has 0 spiro atoms. The van der Waals surface area contributed by atoms with Crippen molar-refractivity contribution in [2.75, 3.05) is 18.5 Å². The zero-order valence-corrected chi connectivity index (χ0v) is 15.4. The fraction of sp³-hybridized carbons (Fsp3) is 0.150. The van der Waals surface area contributed by atoms with Crippen LogP contribution in [-0.4, -0.2) is 35.8 Å². The van der Waals surface area contributed by atoms with Crippen LogP contribution in [0.1, 0.15) is 21.5 Å². The van der Waals surface area contributed by atoms with Crippen molar-refractivity contribution in [2.24, 2.45) is 0 Å². The molecule has 0 radical (unpaired) electrons. The van der Waals surface area contributed by atoms with Crippen molar-refractivity contribution < 1.29 is 19.1 Å². The summed E-state index contributed by atoms with van der Waals surface area (Å²) in [6.45, 7) is 4.85. The maximum atomic E-state index is 12.4. The molecular weight excluding hydrogens is 368 g/mol. The van der Waals surface area contributed by atoms with Gasteiger partial charge in [0.15, 0.2) is 6.61 Å². The van der Waals surface area contributed by atoms with E-state index in [9.17, 15) is 14.4 Å². The highest BCUT2D eigenvalue weighted by Gasteiger charge is 2.32. The average Bonchev–Trinajstić information content (AvgIpc) is 2.89. The van der Waals surface area contributed by atoms with E-state index in [2.05, 4.69) is 11.9 Å². The van der Waals surface area contributed by atoms with Gasteiger partial charge < -0.3 is 10.1 Å². The number of carbonyl (C=O) groups excluding carboxylic acids is 3. The molecule has 0 bridgehead atoms. The zero-order chi connectivity index (χ0) is 19.6. The quantitative estimate of drug-likeness (QED) is 0.803. The Morgan fingerprint density at radius 2 is 1.85 bits per heavy atom. The third-order valence-electron chi connectivity index (χ3n) is 4.23. The van der Waals surface area contributed by atoms with Gasteiger partial charge in [-0.3, -0.25) is 19.3 Å². The summed E-state index contributed by atoms with van der Waals surface area (Å²) in [5, 5.41) is 3.16. The third kappa shape index (κ3) is 3.85. The van der Waals surface area contributed by atoms with Crippen molar-refractivity contribution in [3.8, 4) is 0 Å². The van der Waals surface area contributed by atoms with Gasteiger partial charge in [0, 0.05) is 27.5 Å². The molecule has 3 rings (SSSR count). The number of nitrogens with zero attached hydrogens (tertiary/aromatic N) is 1. The second kappa shape index (κ2) is 7.63. The Labute approximate surface area is 161 Å². The van der Waals surface area contributed by atoms with E-state index in [0.717, 1.165) is 5.56 Å². The van der Waals surface area contributed by atoms with Gasteiger partial charge in [-0.15, -0.1) is 0 Å². The van der Waals surface area contributed by atoms with E-state index >= 15 is 0 Å². The number of anilines is 1. The molecule has 138 valence electrons. The lowest BCUT2D eigenvalue weighted by Crippen LogP contribution is -2.32. The smallest absolute Gasteiger partial charge is 0.326 e. The van der Waals surface area contributed by atoms with Gasteiger partial charge in [-0.05, 0) is 30.7 Å². The van der Waals surface area contributed by atoms with Crippen LogP contribution in [0, 0.1) is 6.92 Å². The highest BCUT2D eigenvalue weighted by Crippen LogP contribution is 2.30. The summed E-state index contributed by atoms with van der Waals surface area (Å²) in [4.78, 5) is 37.7. The zero-order valence-electron chi connectivity index (χ0n) is 14.6. The molecule has 0 aromatic heterocycles. The van der Waals surface area contributed by atoms with Gasteiger partial charge in [-0.25, -0.2) is 0 Å². The topological polar surface area (TPSA) is 75.7 Å². The summed E-state index contributed by atoms with van der Waals surface area (Å²) >= 11 is 6.00. The molecule has 0 saturated heterocycles. The predicted molar refractivity (Wildman–Crippen MR) is 102 cm³/mol. The Morgan fingerprint density at radius 1 is 1.15 bits per heavy atom. The van der Waals surface area contributed by atoms with Crippen LogP contribution in [-0.2, 0) is 14.3 Å². The molecule has 1 aliphatic rings. The first-order valence-corrected chi connectivity index (χ1v) is 8.57. The van der Waals surface area contributed by atoms with E-state index in [1.807, 2.05) is 0 Å². The van der Waals surface area contributed by atoms with Crippen LogP contribution in [0.5, 0.6) is 0 Å². The third-order valence-corrected chi connectivity index (χ3v) is 4.64. The molecule has 0 aliphatic carbocycles. The fourth-order valence-corrected chi connectivity index (χ4v) is 2.93. The van der Waals surface area contributed by atoms with Crippen molar-refractivity contribution in [1.82, 2.24) is 4.90 Å². The largest absolute Gasteiger partial charge is 0.454 e. The Hall–Kier alpha value is -3.12. The van der Waals surface area contributed by atoms with Gasteiger partial charge in [0.2, 0.25) is 0 Å². The number of nitrogens with one attached hydrogen (secondary N) is 1. The normalized spacial score (nSPS) is 12.7. The molecule has 1 heterocycles. The summed E-state index contributed by atoms with van der Waals surface area (Å²) in [5.74, 6) is -1.51. The van der Waals surface area contributed by atoms with E-state index in [4.69, 9.17) is 16.3 Å². The van der Waals surface area contributed by atoms with Gasteiger partial charge in [0.25, 0.3) is 11.8 Å². The van der Waals surface area contributed by atoms with E-state index in [1.165, 1.54) is 4.90 Å². The van der Waals surface area contributed by atoms with Crippen LogP contribution in [0.25, 0.3) is 5.70 Å². The van der Waals surface area contributed by atoms with Crippen LogP contribution in [0.3, 0.4) is 0 Å². The summed E-state index contributed by atoms with van der Waals surface area (Å²) in [7, 11) is 0. The summed E-state index contributed by atoms with van der Waals surface area (Å²) < 4.78 is 4.98. The lowest BCUT2D eigenvalue weighted by molar-refractivity contribution is -0.147. The molecule has 1 N–H and O–H groups in total. The van der Waals surface area contributed by atoms with Crippen molar-refractivity contribution in [2.45, 2.75) is 6.92 Å². The lowest BCUT2D eigenvalue weighted by atomic mass is 10.1. The van der Waals surface area contributed by atoms with E-state index in [-0.39, 0.29) is 12.5 Å². The predicted octanol–water partition coefficient (Wildman–Crippen LogP) is 3.26. The summed E-state index contributed by atoms with van der Waals surface area (Å²) in [5.41, 5.74) is 2.87. The van der Waals surface area contributed by atoms with Crippen LogP contribution < -0.4 is 5.32 Å². The van der Waals surface area contributed by atoms with E-state index in [1.54, 1.807) is 49.4 Å². The van der Waals surface area contributed by atoms with Gasteiger partial charge >= 0.3 is 5.97 Å². The molecule has 2 aromatic carbocycles. The van der Waals surface area contributed by atoms with Crippen molar-refractivity contribution in [3.05, 3.63) is 70.8 Å². The average molecular weight is 385 g/mol. The van der Waals surface area contributed by atoms with Crippen molar-refractivity contribution in [3.63, 3.8) is 0 Å². The number of esters is 1. The first-order valence-electron chi connectivity index (χ1n) is 8.19. The standard InChI is InChI=1S/C20H17ClN2O4/c1-12-16(21)8-5-9-17(12)22-18(24)11-27-19(25)10-23-13(2)14-6-3-4-7-15(14)20(23)26/h3-9H,2,10-11H2,1H3,(H,22,24). The molecule has 0 atom stereocenters. The minimum Gasteiger partial charge on any atom is -0.454 e. The minimum atomic E-state index is -0.699. The Morgan fingerprint density at radius 3 is 2.56 bits per heavy atom. The first-order chi connectivity index (χ1) is 12.9. The van der Waals surface area contributed by atoms with Gasteiger partial charge in [-0.2, -0.15) is 0 Å². The second-order valence-corrected chi connectivity index (χ2v) is 6.41. The molecule has 2 aromatic rings. The molecule has 0 fully saturated rings. The number of amides is 2. The van der Waals surface area contributed by atoms with Gasteiger partial charge in [0.1, 0.15) is 6.54 Å². The molecule has 2 amide bonds. The molecular formula is C20H17ClN2O4. The first kappa shape index (κ1) is 18.7. The van der Waals surface area contributed by atoms with Crippen LogP contribution in [0.15, 0.2) is 49.0 Å².